The number of rotatable bonds is 7. The second kappa shape index (κ2) is 8.61. The molecule has 24 heavy (non-hydrogen) atoms. The molecule has 2 rings (SSSR count). The lowest BCUT2D eigenvalue weighted by Crippen LogP contribution is -2.48. The molecule has 1 aliphatic rings. The van der Waals surface area contributed by atoms with Gasteiger partial charge < -0.3 is 25.1 Å². The SMILES string of the molecule is CCOC(=O)NC(CNC(=NC)NC(C)c1ccc(C)o1)C1CC1. The molecule has 2 atom stereocenters. The van der Waals surface area contributed by atoms with Crippen LogP contribution < -0.4 is 16.0 Å². The maximum absolute atomic E-state index is 11.6. The lowest BCUT2D eigenvalue weighted by atomic mass is 10.2. The minimum Gasteiger partial charge on any atom is -0.464 e. The van der Waals surface area contributed by atoms with Gasteiger partial charge in [0.25, 0.3) is 0 Å². The zero-order chi connectivity index (χ0) is 17.5. The first-order chi connectivity index (χ1) is 11.5. The molecule has 1 fully saturated rings. The average molecular weight is 336 g/mol. The summed E-state index contributed by atoms with van der Waals surface area (Å²) >= 11 is 0. The summed E-state index contributed by atoms with van der Waals surface area (Å²) in [5.74, 6) is 2.92. The molecular formula is C17H28N4O3. The van der Waals surface area contributed by atoms with Gasteiger partial charge in [-0.25, -0.2) is 4.79 Å². The third-order valence-electron chi connectivity index (χ3n) is 4.02. The summed E-state index contributed by atoms with van der Waals surface area (Å²) in [5, 5.41) is 9.49. The van der Waals surface area contributed by atoms with Gasteiger partial charge in [0.05, 0.1) is 18.7 Å². The van der Waals surface area contributed by atoms with Crippen molar-refractivity contribution < 1.29 is 13.9 Å². The van der Waals surface area contributed by atoms with E-state index in [2.05, 4.69) is 20.9 Å². The molecular weight excluding hydrogens is 308 g/mol. The third-order valence-corrected chi connectivity index (χ3v) is 4.02. The van der Waals surface area contributed by atoms with Crippen LogP contribution in [0.3, 0.4) is 0 Å². The normalized spacial score (nSPS) is 17.1. The van der Waals surface area contributed by atoms with Crippen LogP contribution in [0.25, 0.3) is 0 Å². The van der Waals surface area contributed by atoms with Gasteiger partial charge in [0.15, 0.2) is 5.96 Å². The maximum atomic E-state index is 11.6. The smallest absolute Gasteiger partial charge is 0.407 e. The maximum Gasteiger partial charge on any atom is 0.407 e. The van der Waals surface area contributed by atoms with Crippen LogP contribution in [0, 0.1) is 12.8 Å². The highest BCUT2D eigenvalue weighted by Crippen LogP contribution is 2.32. The number of nitrogens with one attached hydrogen (secondary N) is 3. The molecule has 1 amide bonds. The van der Waals surface area contributed by atoms with Gasteiger partial charge in [-0.05, 0) is 51.7 Å². The first-order valence-electron chi connectivity index (χ1n) is 8.50. The number of ether oxygens (including phenoxy) is 1. The summed E-state index contributed by atoms with van der Waals surface area (Å²) in [6, 6.07) is 3.94. The highest BCUT2D eigenvalue weighted by atomic mass is 16.5. The largest absolute Gasteiger partial charge is 0.464 e. The van der Waals surface area contributed by atoms with E-state index in [1.807, 2.05) is 26.0 Å². The van der Waals surface area contributed by atoms with Crippen LogP contribution >= 0.6 is 0 Å². The van der Waals surface area contributed by atoms with Crippen LogP contribution in [-0.4, -0.2) is 38.3 Å². The molecule has 2 unspecified atom stereocenters. The summed E-state index contributed by atoms with van der Waals surface area (Å²) in [7, 11) is 1.72. The number of aliphatic imine (C=N–C) groups is 1. The average Bonchev–Trinajstić information content (AvgIpc) is 3.31. The van der Waals surface area contributed by atoms with Gasteiger partial charge in [-0.1, -0.05) is 0 Å². The topological polar surface area (TPSA) is 87.9 Å². The van der Waals surface area contributed by atoms with Gasteiger partial charge >= 0.3 is 6.09 Å². The fraction of sp³-hybridized carbons (Fsp3) is 0.647. The van der Waals surface area contributed by atoms with Crippen molar-refractivity contribution in [1.29, 1.82) is 0 Å². The molecule has 1 heterocycles. The molecule has 134 valence electrons. The zero-order valence-corrected chi connectivity index (χ0v) is 14.9. The Kier molecular flexibility index (Phi) is 6.52. The number of furan rings is 1. The van der Waals surface area contributed by atoms with Crippen LogP contribution in [-0.2, 0) is 4.74 Å². The van der Waals surface area contributed by atoms with E-state index >= 15 is 0 Å². The number of alkyl carbamates (subject to hydrolysis) is 1. The number of amides is 1. The van der Waals surface area contributed by atoms with E-state index in [0.717, 1.165) is 24.4 Å². The Hall–Kier alpha value is -2.18. The molecule has 0 spiro atoms. The first-order valence-corrected chi connectivity index (χ1v) is 8.50. The van der Waals surface area contributed by atoms with Crippen LogP contribution in [0.4, 0.5) is 4.79 Å². The van der Waals surface area contributed by atoms with Gasteiger partial charge in [-0.2, -0.15) is 0 Å². The van der Waals surface area contributed by atoms with Crippen LogP contribution in [0.5, 0.6) is 0 Å². The van der Waals surface area contributed by atoms with Crippen molar-refractivity contribution in [3.63, 3.8) is 0 Å². The highest BCUT2D eigenvalue weighted by molar-refractivity contribution is 5.80. The van der Waals surface area contributed by atoms with E-state index in [-0.39, 0.29) is 18.2 Å². The fourth-order valence-electron chi connectivity index (χ4n) is 2.52. The van der Waals surface area contributed by atoms with E-state index < -0.39 is 0 Å². The number of nitrogens with zero attached hydrogens (tertiary/aromatic N) is 1. The van der Waals surface area contributed by atoms with Crippen molar-refractivity contribution in [2.75, 3.05) is 20.2 Å². The van der Waals surface area contributed by atoms with Crippen LogP contribution in [0.15, 0.2) is 21.5 Å². The molecule has 3 N–H and O–H groups in total. The zero-order valence-electron chi connectivity index (χ0n) is 14.9. The standard InChI is InChI=1S/C17H28N4O3/c1-5-23-17(22)21-14(13-7-8-13)10-19-16(18-4)20-12(3)15-9-6-11(2)24-15/h6,9,12-14H,5,7-8,10H2,1-4H3,(H,21,22)(H2,18,19,20). The molecule has 1 aromatic rings. The van der Waals surface area contributed by atoms with Crippen molar-refractivity contribution in [3.05, 3.63) is 23.7 Å². The Morgan fingerprint density at radius 3 is 2.71 bits per heavy atom. The molecule has 0 aromatic carbocycles. The fourth-order valence-corrected chi connectivity index (χ4v) is 2.52. The number of hydrogen-bond donors (Lipinski definition) is 3. The minimum atomic E-state index is -0.362. The Morgan fingerprint density at radius 1 is 1.42 bits per heavy atom. The van der Waals surface area contributed by atoms with Gasteiger partial charge in [-0.15, -0.1) is 0 Å². The number of hydrogen-bond acceptors (Lipinski definition) is 4. The van der Waals surface area contributed by atoms with Crippen molar-refractivity contribution in [1.82, 2.24) is 16.0 Å². The van der Waals surface area contributed by atoms with Crippen molar-refractivity contribution in [3.8, 4) is 0 Å². The molecule has 1 saturated carbocycles. The molecule has 1 aliphatic carbocycles. The molecule has 0 radical (unpaired) electrons. The number of carbonyl (C=O) groups excluding carboxylic acids is 1. The predicted octanol–water partition coefficient (Wildman–Crippen LogP) is 2.34. The van der Waals surface area contributed by atoms with E-state index in [0.29, 0.717) is 25.0 Å². The summed E-state index contributed by atoms with van der Waals surface area (Å²) in [6.45, 7) is 6.71. The third kappa shape index (κ3) is 5.47. The number of guanidine groups is 1. The quantitative estimate of drug-likeness (QED) is 0.525. The highest BCUT2D eigenvalue weighted by Gasteiger charge is 2.32. The Balaban J connectivity index is 1.83. The van der Waals surface area contributed by atoms with Crippen molar-refractivity contribution >= 4 is 12.1 Å². The van der Waals surface area contributed by atoms with Crippen LogP contribution in [0.1, 0.15) is 44.3 Å². The second-order valence-corrected chi connectivity index (χ2v) is 6.08. The molecule has 0 aliphatic heterocycles. The van der Waals surface area contributed by atoms with Crippen LogP contribution in [0.2, 0.25) is 0 Å². The monoisotopic (exact) mass is 336 g/mol. The lowest BCUT2D eigenvalue weighted by Gasteiger charge is -2.21. The van der Waals surface area contributed by atoms with Gasteiger partial charge in [0, 0.05) is 13.6 Å². The summed E-state index contributed by atoms with van der Waals surface area (Å²) in [5.41, 5.74) is 0. The first kappa shape index (κ1) is 18.2. The number of aryl methyl sites for hydroxylation is 1. The van der Waals surface area contributed by atoms with E-state index in [1.54, 1.807) is 14.0 Å². The van der Waals surface area contributed by atoms with E-state index in [1.165, 1.54) is 0 Å². The molecule has 1 aromatic heterocycles. The Morgan fingerprint density at radius 2 is 2.17 bits per heavy atom. The Bertz CT molecular complexity index is 566. The summed E-state index contributed by atoms with van der Waals surface area (Å²) in [4.78, 5) is 15.9. The lowest BCUT2D eigenvalue weighted by molar-refractivity contribution is 0.146. The minimum absolute atomic E-state index is 0.00212. The van der Waals surface area contributed by atoms with E-state index in [9.17, 15) is 4.79 Å². The Labute approximate surface area is 143 Å². The van der Waals surface area contributed by atoms with Gasteiger partial charge in [0.2, 0.25) is 0 Å². The summed E-state index contributed by atoms with van der Waals surface area (Å²) < 4.78 is 10.6. The van der Waals surface area contributed by atoms with Gasteiger partial charge in [-0.3, -0.25) is 4.99 Å². The number of carbonyl (C=O) groups is 1. The van der Waals surface area contributed by atoms with Crippen molar-refractivity contribution in [2.24, 2.45) is 10.9 Å². The molecule has 7 nitrogen and oxygen atoms in total. The van der Waals surface area contributed by atoms with E-state index in [4.69, 9.17) is 9.15 Å². The molecule has 0 saturated heterocycles. The molecule has 0 bridgehead atoms. The van der Waals surface area contributed by atoms with Crippen molar-refractivity contribution in [2.45, 2.75) is 45.7 Å². The molecule has 7 heteroatoms. The summed E-state index contributed by atoms with van der Waals surface area (Å²) in [6.07, 6.45) is 1.90. The predicted molar refractivity (Wildman–Crippen MR) is 93.0 cm³/mol. The van der Waals surface area contributed by atoms with Gasteiger partial charge in [0.1, 0.15) is 11.5 Å². The second-order valence-electron chi connectivity index (χ2n) is 6.08.